The van der Waals surface area contributed by atoms with Crippen molar-refractivity contribution < 1.29 is 24.2 Å². The molecular formula is C23H36N2O5. The Morgan fingerprint density at radius 3 is 2.03 bits per heavy atom. The van der Waals surface area contributed by atoms with Gasteiger partial charge in [-0.25, -0.2) is 9.59 Å². The summed E-state index contributed by atoms with van der Waals surface area (Å²) < 4.78 is 10.8. The second-order valence-electron chi connectivity index (χ2n) is 10.1. The van der Waals surface area contributed by atoms with E-state index in [2.05, 4.69) is 10.6 Å². The number of aliphatic hydroxyl groups is 1. The van der Waals surface area contributed by atoms with E-state index in [1.165, 1.54) is 0 Å². The van der Waals surface area contributed by atoms with E-state index in [9.17, 15) is 14.7 Å². The van der Waals surface area contributed by atoms with Crippen LogP contribution in [0, 0.1) is 6.92 Å². The quantitative estimate of drug-likeness (QED) is 0.682. The Bertz CT molecular complexity index is 766. The highest BCUT2D eigenvalue weighted by Gasteiger charge is 2.42. The van der Waals surface area contributed by atoms with E-state index in [1.807, 2.05) is 31.2 Å². The second kappa shape index (κ2) is 8.84. The molecular weight excluding hydrogens is 384 g/mol. The maximum absolute atomic E-state index is 12.4. The van der Waals surface area contributed by atoms with Gasteiger partial charge in [0.05, 0.1) is 17.7 Å². The standard InChI is InChI=1S/C23H36N2O5/c1-15-9-8-10-16(13-15)23(28)12-11-17(24-19(26)29-21(2,3)4)18(14-23)25-20(27)30-22(5,6)7/h8-10,13,17-18,28H,11-12,14H2,1-7H3,(H,24,26)(H,25,27)/t17-,18-,23+/m0/s1. The summed E-state index contributed by atoms with van der Waals surface area (Å²) in [6, 6.07) is 6.80. The van der Waals surface area contributed by atoms with Crippen LogP contribution < -0.4 is 10.6 Å². The van der Waals surface area contributed by atoms with Gasteiger partial charge in [-0.3, -0.25) is 0 Å². The van der Waals surface area contributed by atoms with Crippen LogP contribution in [0.3, 0.4) is 0 Å². The third-order valence-electron chi connectivity index (χ3n) is 4.87. The van der Waals surface area contributed by atoms with Crippen molar-refractivity contribution in [1.29, 1.82) is 0 Å². The number of nitrogens with one attached hydrogen (secondary N) is 2. The molecule has 0 unspecified atom stereocenters. The molecule has 1 aromatic rings. The first-order chi connectivity index (χ1) is 13.7. The number of ether oxygens (including phenoxy) is 2. The fourth-order valence-electron chi connectivity index (χ4n) is 3.64. The lowest BCUT2D eigenvalue weighted by Gasteiger charge is -2.42. The number of rotatable bonds is 3. The van der Waals surface area contributed by atoms with Crippen LogP contribution in [0.15, 0.2) is 24.3 Å². The van der Waals surface area contributed by atoms with Crippen LogP contribution in [0.1, 0.15) is 71.9 Å². The fraction of sp³-hybridized carbons (Fsp3) is 0.652. The van der Waals surface area contributed by atoms with Crippen molar-refractivity contribution in [3.63, 3.8) is 0 Å². The van der Waals surface area contributed by atoms with Crippen molar-refractivity contribution in [1.82, 2.24) is 10.6 Å². The summed E-state index contributed by atoms with van der Waals surface area (Å²) in [5.74, 6) is 0. The second-order valence-corrected chi connectivity index (χ2v) is 10.1. The zero-order valence-corrected chi connectivity index (χ0v) is 19.2. The Hall–Kier alpha value is -2.28. The lowest BCUT2D eigenvalue weighted by molar-refractivity contribution is -0.0259. The Balaban J connectivity index is 2.21. The van der Waals surface area contributed by atoms with Crippen molar-refractivity contribution in [2.75, 3.05) is 0 Å². The van der Waals surface area contributed by atoms with E-state index in [0.717, 1.165) is 11.1 Å². The summed E-state index contributed by atoms with van der Waals surface area (Å²) in [6.07, 6.45) is 0.0328. The molecule has 1 fully saturated rings. The highest BCUT2D eigenvalue weighted by atomic mass is 16.6. The maximum Gasteiger partial charge on any atom is 0.407 e. The molecule has 0 aliphatic heterocycles. The van der Waals surface area contributed by atoms with Crippen molar-refractivity contribution in [2.24, 2.45) is 0 Å². The number of hydrogen-bond acceptors (Lipinski definition) is 5. The zero-order valence-electron chi connectivity index (χ0n) is 19.2. The summed E-state index contributed by atoms with van der Waals surface area (Å²) in [5, 5.41) is 17.1. The summed E-state index contributed by atoms with van der Waals surface area (Å²) in [6.45, 7) is 12.7. The molecule has 0 heterocycles. The van der Waals surface area contributed by atoms with Crippen LogP contribution in [0.5, 0.6) is 0 Å². The minimum absolute atomic E-state index is 0.246. The molecule has 1 aliphatic carbocycles. The van der Waals surface area contributed by atoms with Gasteiger partial charge in [0.2, 0.25) is 0 Å². The molecule has 168 valence electrons. The molecule has 1 aromatic carbocycles. The SMILES string of the molecule is Cc1cccc([C@@]2(O)CC[C@H](NC(=O)OC(C)(C)C)[C@@H](NC(=O)OC(C)(C)C)C2)c1. The van der Waals surface area contributed by atoms with Gasteiger partial charge in [-0.15, -0.1) is 0 Å². The molecule has 7 heteroatoms. The highest BCUT2D eigenvalue weighted by Crippen LogP contribution is 2.38. The number of aryl methyl sites for hydroxylation is 1. The molecule has 7 nitrogen and oxygen atoms in total. The third-order valence-corrected chi connectivity index (χ3v) is 4.87. The maximum atomic E-state index is 12.4. The number of hydrogen-bond donors (Lipinski definition) is 3. The van der Waals surface area contributed by atoms with Gasteiger partial charge in [0.1, 0.15) is 11.2 Å². The van der Waals surface area contributed by atoms with Crippen molar-refractivity contribution in [3.8, 4) is 0 Å². The third kappa shape index (κ3) is 7.20. The van der Waals surface area contributed by atoms with Gasteiger partial charge < -0.3 is 25.2 Å². The Kier molecular flexibility index (Phi) is 7.07. The molecule has 3 atom stereocenters. The Morgan fingerprint density at radius 2 is 1.53 bits per heavy atom. The average Bonchev–Trinajstić information content (AvgIpc) is 2.54. The largest absolute Gasteiger partial charge is 0.444 e. The smallest absolute Gasteiger partial charge is 0.407 e. The van der Waals surface area contributed by atoms with Crippen LogP contribution in [0.2, 0.25) is 0 Å². The van der Waals surface area contributed by atoms with Crippen LogP contribution in [0.4, 0.5) is 9.59 Å². The van der Waals surface area contributed by atoms with Gasteiger partial charge in [0.25, 0.3) is 0 Å². The number of benzene rings is 1. The van der Waals surface area contributed by atoms with Gasteiger partial charge in [-0.1, -0.05) is 29.8 Å². The zero-order chi connectivity index (χ0) is 22.7. The van der Waals surface area contributed by atoms with E-state index in [0.29, 0.717) is 12.8 Å². The number of alkyl carbamates (subject to hydrolysis) is 2. The molecule has 2 rings (SSSR count). The topological polar surface area (TPSA) is 96.9 Å². The fourth-order valence-corrected chi connectivity index (χ4v) is 3.64. The van der Waals surface area contributed by atoms with Crippen LogP contribution in [0.25, 0.3) is 0 Å². The van der Waals surface area contributed by atoms with Crippen molar-refractivity contribution in [3.05, 3.63) is 35.4 Å². The Morgan fingerprint density at radius 1 is 1.00 bits per heavy atom. The first-order valence-corrected chi connectivity index (χ1v) is 10.5. The van der Waals surface area contributed by atoms with E-state index in [-0.39, 0.29) is 6.42 Å². The predicted molar refractivity (Wildman–Crippen MR) is 115 cm³/mol. The van der Waals surface area contributed by atoms with Crippen LogP contribution in [-0.4, -0.2) is 40.6 Å². The minimum Gasteiger partial charge on any atom is -0.444 e. The molecule has 1 saturated carbocycles. The molecule has 30 heavy (non-hydrogen) atoms. The minimum atomic E-state index is -1.11. The van der Waals surface area contributed by atoms with E-state index < -0.39 is 41.1 Å². The monoisotopic (exact) mass is 420 g/mol. The summed E-state index contributed by atoms with van der Waals surface area (Å²) in [5.41, 5.74) is -0.548. The number of carbonyl (C=O) groups is 2. The molecule has 2 amide bonds. The van der Waals surface area contributed by atoms with Gasteiger partial charge in [0.15, 0.2) is 0 Å². The molecule has 0 spiro atoms. The average molecular weight is 421 g/mol. The molecule has 0 bridgehead atoms. The van der Waals surface area contributed by atoms with Crippen molar-refractivity contribution >= 4 is 12.2 Å². The van der Waals surface area contributed by atoms with Gasteiger partial charge >= 0.3 is 12.2 Å². The Labute approximate surface area is 179 Å². The van der Waals surface area contributed by atoms with Gasteiger partial charge in [-0.2, -0.15) is 0 Å². The number of carbonyl (C=O) groups excluding carboxylic acids is 2. The summed E-state index contributed by atoms with van der Waals surface area (Å²) >= 11 is 0. The van der Waals surface area contributed by atoms with Crippen LogP contribution in [-0.2, 0) is 15.1 Å². The normalized spacial score (nSPS) is 24.7. The first-order valence-electron chi connectivity index (χ1n) is 10.5. The van der Waals surface area contributed by atoms with E-state index in [4.69, 9.17) is 9.47 Å². The highest BCUT2D eigenvalue weighted by molar-refractivity contribution is 5.70. The van der Waals surface area contributed by atoms with Gasteiger partial charge in [0, 0.05) is 6.42 Å². The molecule has 0 saturated heterocycles. The van der Waals surface area contributed by atoms with E-state index >= 15 is 0 Å². The predicted octanol–water partition coefficient (Wildman–Crippen LogP) is 4.15. The summed E-state index contributed by atoms with van der Waals surface area (Å²) in [7, 11) is 0. The van der Waals surface area contributed by atoms with Crippen molar-refractivity contribution in [2.45, 2.75) is 96.6 Å². The van der Waals surface area contributed by atoms with E-state index in [1.54, 1.807) is 41.5 Å². The van der Waals surface area contributed by atoms with Crippen LogP contribution >= 0.6 is 0 Å². The molecule has 0 radical (unpaired) electrons. The van der Waals surface area contributed by atoms with Gasteiger partial charge in [-0.05, 0) is 66.9 Å². The molecule has 3 N–H and O–H groups in total. The number of amides is 2. The molecule has 1 aliphatic rings. The molecule has 0 aromatic heterocycles. The summed E-state index contributed by atoms with van der Waals surface area (Å²) in [4.78, 5) is 24.8. The lowest BCUT2D eigenvalue weighted by atomic mass is 9.75. The first kappa shape index (κ1) is 24.0. The lowest BCUT2D eigenvalue weighted by Crippen LogP contribution is -2.58.